The van der Waals surface area contributed by atoms with E-state index in [0.29, 0.717) is 22.8 Å². The molecule has 102 valence electrons. The van der Waals surface area contributed by atoms with E-state index >= 15 is 0 Å². The third kappa shape index (κ3) is 2.07. The Bertz CT molecular complexity index is 405. The van der Waals surface area contributed by atoms with Crippen molar-refractivity contribution in [3.63, 3.8) is 0 Å². The Kier molecular flexibility index (Phi) is 3.26. The van der Waals surface area contributed by atoms with E-state index in [4.69, 9.17) is 0 Å². The summed E-state index contributed by atoms with van der Waals surface area (Å²) in [4.78, 5) is 0. The molecule has 1 N–H and O–H groups in total. The summed E-state index contributed by atoms with van der Waals surface area (Å²) in [6.45, 7) is 12.7. The van der Waals surface area contributed by atoms with E-state index in [1.54, 1.807) is 4.68 Å². The van der Waals surface area contributed by atoms with Crippen molar-refractivity contribution < 1.29 is 0 Å². The maximum absolute atomic E-state index is 4.22. The van der Waals surface area contributed by atoms with Crippen LogP contribution < -0.4 is 5.32 Å². The SMILES string of the molecule is CCNC(Cc1cn(C)nn1)C1C(C)(C)C1(C)C. The van der Waals surface area contributed by atoms with Crippen molar-refractivity contribution in [1.82, 2.24) is 20.3 Å². The first-order valence-electron chi connectivity index (χ1n) is 6.89. The summed E-state index contributed by atoms with van der Waals surface area (Å²) < 4.78 is 1.78. The molecular formula is C14H26N4. The smallest absolute Gasteiger partial charge is 0.0842 e. The van der Waals surface area contributed by atoms with E-state index in [9.17, 15) is 0 Å². The third-order valence-electron chi connectivity index (χ3n) is 5.08. The van der Waals surface area contributed by atoms with Crippen molar-refractivity contribution in [1.29, 1.82) is 0 Å². The van der Waals surface area contributed by atoms with Crippen LogP contribution in [0.1, 0.15) is 40.3 Å². The molecule has 0 bridgehead atoms. The normalized spacial score (nSPS) is 23.0. The highest BCUT2D eigenvalue weighted by molar-refractivity contribution is 5.18. The molecule has 1 aromatic heterocycles. The predicted molar refractivity (Wildman–Crippen MR) is 73.2 cm³/mol. The van der Waals surface area contributed by atoms with Crippen molar-refractivity contribution in [2.75, 3.05) is 6.54 Å². The fourth-order valence-corrected chi connectivity index (χ4v) is 3.54. The number of likely N-dealkylation sites (N-methyl/N-ethyl adjacent to an activating group) is 1. The Hall–Kier alpha value is -0.900. The second-order valence-electron chi connectivity index (χ2n) is 6.67. The quantitative estimate of drug-likeness (QED) is 0.869. The number of nitrogens with one attached hydrogen (secondary N) is 1. The van der Waals surface area contributed by atoms with Crippen LogP contribution in [-0.4, -0.2) is 27.6 Å². The van der Waals surface area contributed by atoms with Gasteiger partial charge in [-0.3, -0.25) is 4.68 Å². The van der Waals surface area contributed by atoms with Crippen molar-refractivity contribution in [3.05, 3.63) is 11.9 Å². The van der Waals surface area contributed by atoms with Crippen molar-refractivity contribution in [2.24, 2.45) is 23.8 Å². The molecule has 1 aliphatic rings. The van der Waals surface area contributed by atoms with Gasteiger partial charge in [-0.1, -0.05) is 39.8 Å². The zero-order valence-electron chi connectivity index (χ0n) is 12.5. The lowest BCUT2D eigenvalue weighted by Gasteiger charge is -2.19. The van der Waals surface area contributed by atoms with Crippen LogP contribution in [0.3, 0.4) is 0 Å². The van der Waals surface area contributed by atoms with Gasteiger partial charge in [0.25, 0.3) is 0 Å². The van der Waals surface area contributed by atoms with Gasteiger partial charge in [0.1, 0.15) is 0 Å². The molecule has 2 rings (SSSR count). The molecule has 1 fully saturated rings. The first-order chi connectivity index (χ1) is 8.30. The minimum Gasteiger partial charge on any atom is -0.314 e. The molecular weight excluding hydrogens is 224 g/mol. The fourth-order valence-electron chi connectivity index (χ4n) is 3.54. The second kappa shape index (κ2) is 4.34. The Morgan fingerprint density at radius 2 is 1.94 bits per heavy atom. The maximum Gasteiger partial charge on any atom is 0.0842 e. The Morgan fingerprint density at radius 1 is 1.33 bits per heavy atom. The van der Waals surface area contributed by atoms with Gasteiger partial charge >= 0.3 is 0 Å². The standard InChI is InChI=1S/C14H26N4/c1-7-15-11(8-10-9-18(6)17-16-10)12-13(2,3)14(12,4)5/h9,11-12,15H,7-8H2,1-6H3. The molecule has 1 aromatic rings. The number of aryl methyl sites for hydroxylation is 1. The number of hydrogen-bond acceptors (Lipinski definition) is 3. The molecule has 1 aliphatic carbocycles. The first kappa shape index (κ1) is 13.5. The van der Waals surface area contributed by atoms with E-state index in [1.807, 2.05) is 13.2 Å². The first-order valence-corrected chi connectivity index (χ1v) is 6.89. The summed E-state index contributed by atoms with van der Waals surface area (Å²) in [6.07, 6.45) is 2.99. The summed E-state index contributed by atoms with van der Waals surface area (Å²) in [6, 6.07) is 0.497. The monoisotopic (exact) mass is 250 g/mol. The van der Waals surface area contributed by atoms with Gasteiger partial charge in [0, 0.05) is 25.7 Å². The number of rotatable bonds is 5. The van der Waals surface area contributed by atoms with E-state index in [-0.39, 0.29) is 0 Å². The largest absolute Gasteiger partial charge is 0.314 e. The molecule has 1 unspecified atom stereocenters. The van der Waals surface area contributed by atoms with Gasteiger partial charge in [-0.05, 0) is 23.3 Å². The third-order valence-corrected chi connectivity index (χ3v) is 5.08. The molecule has 0 aliphatic heterocycles. The van der Waals surface area contributed by atoms with Gasteiger partial charge < -0.3 is 5.32 Å². The van der Waals surface area contributed by atoms with Crippen LogP contribution in [0.4, 0.5) is 0 Å². The molecule has 1 saturated carbocycles. The molecule has 1 atom stereocenters. The minimum atomic E-state index is 0.405. The Morgan fingerprint density at radius 3 is 2.33 bits per heavy atom. The highest BCUT2D eigenvalue weighted by Gasteiger charge is 2.66. The lowest BCUT2D eigenvalue weighted by molar-refractivity contribution is 0.400. The average Bonchev–Trinajstić information content (AvgIpc) is 2.58. The second-order valence-corrected chi connectivity index (χ2v) is 6.67. The zero-order chi connectivity index (χ0) is 13.6. The highest BCUT2D eigenvalue weighted by Crippen LogP contribution is 2.69. The van der Waals surface area contributed by atoms with Gasteiger partial charge in [-0.15, -0.1) is 5.10 Å². The molecule has 1 heterocycles. The topological polar surface area (TPSA) is 42.7 Å². The highest BCUT2D eigenvalue weighted by atomic mass is 15.4. The van der Waals surface area contributed by atoms with Crippen molar-refractivity contribution >= 4 is 0 Å². The molecule has 0 radical (unpaired) electrons. The van der Waals surface area contributed by atoms with Crippen LogP contribution in [-0.2, 0) is 13.5 Å². The maximum atomic E-state index is 4.22. The molecule has 4 heteroatoms. The van der Waals surface area contributed by atoms with Crippen LogP contribution in [0, 0.1) is 16.7 Å². The molecule has 4 nitrogen and oxygen atoms in total. The van der Waals surface area contributed by atoms with Crippen molar-refractivity contribution in [2.45, 2.75) is 47.1 Å². The van der Waals surface area contributed by atoms with E-state index in [1.165, 1.54) is 0 Å². The minimum absolute atomic E-state index is 0.405. The summed E-state index contributed by atoms with van der Waals surface area (Å²) in [5.41, 5.74) is 1.89. The summed E-state index contributed by atoms with van der Waals surface area (Å²) in [5.74, 6) is 0.701. The van der Waals surface area contributed by atoms with Gasteiger partial charge in [0.2, 0.25) is 0 Å². The van der Waals surface area contributed by atoms with Crippen LogP contribution in [0.5, 0.6) is 0 Å². The molecule has 18 heavy (non-hydrogen) atoms. The fraction of sp³-hybridized carbons (Fsp3) is 0.857. The molecule has 0 saturated heterocycles. The van der Waals surface area contributed by atoms with E-state index < -0.39 is 0 Å². The number of nitrogens with zero attached hydrogens (tertiary/aromatic N) is 3. The zero-order valence-corrected chi connectivity index (χ0v) is 12.5. The van der Waals surface area contributed by atoms with Gasteiger partial charge in [-0.2, -0.15) is 0 Å². The lowest BCUT2D eigenvalue weighted by atomic mass is 10.00. The Balaban J connectivity index is 2.11. The van der Waals surface area contributed by atoms with E-state index in [2.05, 4.69) is 50.2 Å². The van der Waals surface area contributed by atoms with Crippen molar-refractivity contribution in [3.8, 4) is 0 Å². The number of aromatic nitrogens is 3. The molecule has 0 amide bonds. The van der Waals surface area contributed by atoms with Gasteiger partial charge in [-0.25, -0.2) is 0 Å². The summed E-state index contributed by atoms with van der Waals surface area (Å²) >= 11 is 0. The lowest BCUT2D eigenvalue weighted by Crippen LogP contribution is -2.35. The van der Waals surface area contributed by atoms with Crippen LogP contribution in [0.25, 0.3) is 0 Å². The van der Waals surface area contributed by atoms with Gasteiger partial charge in [0.15, 0.2) is 0 Å². The van der Waals surface area contributed by atoms with Crippen LogP contribution in [0.2, 0.25) is 0 Å². The average molecular weight is 250 g/mol. The molecule has 0 aromatic carbocycles. The van der Waals surface area contributed by atoms with Crippen LogP contribution >= 0.6 is 0 Å². The van der Waals surface area contributed by atoms with Crippen LogP contribution in [0.15, 0.2) is 6.20 Å². The Labute approximate surface area is 110 Å². The van der Waals surface area contributed by atoms with Gasteiger partial charge in [0.05, 0.1) is 5.69 Å². The summed E-state index contributed by atoms with van der Waals surface area (Å²) in [5, 5.41) is 11.9. The number of hydrogen-bond donors (Lipinski definition) is 1. The predicted octanol–water partition coefficient (Wildman–Crippen LogP) is 2.02. The summed E-state index contributed by atoms with van der Waals surface area (Å²) in [7, 11) is 1.92. The molecule has 0 spiro atoms. The van der Waals surface area contributed by atoms with E-state index in [0.717, 1.165) is 18.7 Å².